The van der Waals surface area contributed by atoms with Crippen LogP contribution in [0.25, 0.3) is 0 Å². The van der Waals surface area contributed by atoms with Gasteiger partial charge in [0.15, 0.2) is 0 Å². The van der Waals surface area contributed by atoms with Gasteiger partial charge in [-0.05, 0) is 6.92 Å². The third kappa shape index (κ3) is 1.47. The number of esters is 1. The second-order valence-corrected chi connectivity index (χ2v) is 2.41. The quantitative estimate of drug-likeness (QED) is 0.404. The minimum atomic E-state index is -0.256. The Labute approximate surface area is 60.2 Å². The largest absolute Gasteiger partial charge is 0.455 e. The Morgan fingerprint density at radius 1 is 1.90 bits per heavy atom. The Kier molecular flexibility index (Phi) is 1.90. The highest BCUT2D eigenvalue weighted by Crippen LogP contribution is 2.14. The molecule has 1 rings (SSSR count). The zero-order valence-electron chi connectivity index (χ0n) is 5.96. The van der Waals surface area contributed by atoms with E-state index in [2.05, 4.69) is 6.58 Å². The van der Waals surface area contributed by atoms with E-state index in [4.69, 9.17) is 4.74 Å². The molecule has 0 spiro atoms. The highest BCUT2D eigenvalue weighted by atomic mass is 16.5. The summed E-state index contributed by atoms with van der Waals surface area (Å²) in [6, 6.07) is 0. The fourth-order valence-electron chi connectivity index (χ4n) is 0.934. The highest BCUT2D eigenvalue weighted by molar-refractivity contribution is 5.83. The second kappa shape index (κ2) is 2.69. The van der Waals surface area contributed by atoms with Crippen molar-refractivity contribution < 1.29 is 9.53 Å². The molecule has 1 atom stereocenters. The van der Waals surface area contributed by atoms with Gasteiger partial charge >= 0.3 is 5.97 Å². The van der Waals surface area contributed by atoms with E-state index in [-0.39, 0.29) is 12.1 Å². The molecule has 2 nitrogen and oxygen atoms in total. The molecule has 0 radical (unpaired) electrons. The number of hydrogen-bond donors (Lipinski definition) is 0. The molecule has 0 saturated carbocycles. The van der Waals surface area contributed by atoms with Crippen LogP contribution in [-0.4, -0.2) is 12.1 Å². The number of ether oxygens (including phenoxy) is 1. The molecule has 2 heteroatoms. The van der Waals surface area contributed by atoms with E-state index in [9.17, 15) is 4.79 Å². The maximum Gasteiger partial charge on any atom is 0.331 e. The van der Waals surface area contributed by atoms with Crippen molar-refractivity contribution in [1.82, 2.24) is 0 Å². The highest BCUT2D eigenvalue weighted by Gasteiger charge is 2.15. The van der Waals surface area contributed by atoms with E-state index in [1.54, 1.807) is 6.08 Å². The van der Waals surface area contributed by atoms with Gasteiger partial charge in [0.1, 0.15) is 6.10 Å². The normalized spacial score (nSPS) is 25.1. The number of carbonyl (C=O) groups is 1. The molecule has 1 heterocycles. The van der Waals surface area contributed by atoms with Crippen LogP contribution in [0.5, 0.6) is 0 Å². The lowest BCUT2D eigenvalue weighted by Crippen LogP contribution is -2.19. The molecule has 0 N–H and O–H groups in total. The Morgan fingerprint density at radius 3 is 3.10 bits per heavy atom. The van der Waals surface area contributed by atoms with E-state index >= 15 is 0 Å². The number of cyclic esters (lactones) is 1. The van der Waals surface area contributed by atoms with Gasteiger partial charge in [-0.1, -0.05) is 18.2 Å². The van der Waals surface area contributed by atoms with E-state index < -0.39 is 0 Å². The summed E-state index contributed by atoms with van der Waals surface area (Å²) in [7, 11) is 0. The summed E-state index contributed by atoms with van der Waals surface area (Å²) in [5, 5.41) is 0. The molecule has 1 aliphatic rings. The van der Waals surface area contributed by atoms with Crippen molar-refractivity contribution in [2.45, 2.75) is 19.4 Å². The molecule has 54 valence electrons. The first-order chi connectivity index (χ1) is 4.72. The molecule has 1 unspecified atom stereocenters. The van der Waals surface area contributed by atoms with Gasteiger partial charge < -0.3 is 4.74 Å². The van der Waals surface area contributed by atoms with Crippen LogP contribution in [0, 0.1) is 0 Å². The molecule has 0 fully saturated rings. The smallest absolute Gasteiger partial charge is 0.331 e. The topological polar surface area (TPSA) is 26.3 Å². The number of carbonyl (C=O) groups excluding carboxylic acids is 1. The van der Waals surface area contributed by atoms with Gasteiger partial charge in [0.25, 0.3) is 0 Å². The third-order valence-corrected chi connectivity index (χ3v) is 1.42. The molecule has 0 amide bonds. The molecule has 1 aliphatic heterocycles. The summed E-state index contributed by atoms with van der Waals surface area (Å²) in [4.78, 5) is 10.7. The predicted octanol–water partition coefficient (Wildman–Crippen LogP) is 1.43. The molecule has 0 aromatic carbocycles. The van der Waals surface area contributed by atoms with Crippen molar-refractivity contribution in [1.29, 1.82) is 0 Å². The van der Waals surface area contributed by atoms with Gasteiger partial charge in [0.05, 0.1) is 0 Å². The van der Waals surface area contributed by atoms with Crippen LogP contribution in [0.2, 0.25) is 0 Å². The number of hydrogen-bond acceptors (Lipinski definition) is 2. The fourth-order valence-corrected chi connectivity index (χ4v) is 0.934. The predicted molar refractivity (Wildman–Crippen MR) is 38.5 cm³/mol. The molecular formula is C8H10O2. The molecule has 0 aromatic heterocycles. The Morgan fingerprint density at radius 2 is 2.60 bits per heavy atom. The Balaban J connectivity index is 2.69. The van der Waals surface area contributed by atoms with E-state index in [1.807, 2.05) is 6.92 Å². The minimum absolute atomic E-state index is 0.113. The monoisotopic (exact) mass is 138 g/mol. The van der Waals surface area contributed by atoms with Gasteiger partial charge in [0, 0.05) is 12.5 Å². The average molecular weight is 138 g/mol. The zero-order chi connectivity index (χ0) is 7.56. The summed E-state index contributed by atoms with van der Waals surface area (Å²) < 4.78 is 4.87. The van der Waals surface area contributed by atoms with Crippen LogP contribution < -0.4 is 0 Å². The van der Waals surface area contributed by atoms with Crippen molar-refractivity contribution in [2.24, 2.45) is 0 Å². The first-order valence-electron chi connectivity index (χ1n) is 3.22. The fraction of sp³-hybridized carbons (Fsp3) is 0.375. The lowest BCUT2D eigenvalue weighted by Gasteiger charge is -2.17. The Hall–Kier alpha value is -1.05. The number of rotatable bonds is 1. The van der Waals surface area contributed by atoms with Crippen LogP contribution in [0.3, 0.4) is 0 Å². The Bertz CT molecular complexity index is 191. The van der Waals surface area contributed by atoms with Crippen molar-refractivity contribution in [3.63, 3.8) is 0 Å². The summed E-state index contributed by atoms with van der Waals surface area (Å²) in [5.41, 5.74) is 1.06. The molecular weight excluding hydrogens is 128 g/mol. The van der Waals surface area contributed by atoms with Crippen LogP contribution >= 0.6 is 0 Å². The van der Waals surface area contributed by atoms with E-state index in [0.29, 0.717) is 0 Å². The van der Waals surface area contributed by atoms with E-state index in [0.717, 1.165) is 12.0 Å². The average Bonchev–Trinajstić information content (AvgIpc) is 1.85. The zero-order valence-corrected chi connectivity index (χ0v) is 5.96. The summed E-state index contributed by atoms with van der Waals surface area (Å²) in [5.74, 6) is -0.256. The third-order valence-electron chi connectivity index (χ3n) is 1.42. The van der Waals surface area contributed by atoms with Gasteiger partial charge in [0.2, 0.25) is 0 Å². The van der Waals surface area contributed by atoms with Crippen LogP contribution in [0.1, 0.15) is 13.3 Å². The second-order valence-electron chi connectivity index (χ2n) is 2.41. The minimum Gasteiger partial charge on any atom is -0.455 e. The molecule has 0 aromatic rings. The molecule has 10 heavy (non-hydrogen) atoms. The van der Waals surface area contributed by atoms with Crippen LogP contribution in [0.15, 0.2) is 24.3 Å². The lowest BCUT2D eigenvalue weighted by molar-refractivity contribution is -0.141. The van der Waals surface area contributed by atoms with Gasteiger partial charge in [-0.25, -0.2) is 4.79 Å². The van der Waals surface area contributed by atoms with E-state index in [1.165, 1.54) is 6.08 Å². The van der Waals surface area contributed by atoms with Crippen LogP contribution in [0.4, 0.5) is 0 Å². The van der Waals surface area contributed by atoms with Crippen molar-refractivity contribution in [2.75, 3.05) is 0 Å². The van der Waals surface area contributed by atoms with Crippen molar-refractivity contribution in [3.05, 3.63) is 24.3 Å². The first-order valence-corrected chi connectivity index (χ1v) is 3.22. The summed E-state index contributed by atoms with van der Waals surface area (Å²) in [6.07, 6.45) is 3.83. The van der Waals surface area contributed by atoms with Gasteiger partial charge in [-0.15, -0.1) is 0 Å². The van der Waals surface area contributed by atoms with Gasteiger partial charge in [-0.3, -0.25) is 0 Å². The van der Waals surface area contributed by atoms with Gasteiger partial charge in [-0.2, -0.15) is 0 Å². The first kappa shape index (κ1) is 7.06. The standard InChI is InChI=1S/C8H10O2/c1-3-7-4-6(2)5-8(9)10-7/h3,5,7H,1,4H2,2H3. The van der Waals surface area contributed by atoms with Crippen LogP contribution in [-0.2, 0) is 9.53 Å². The summed E-state index contributed by atoms with van der Waals surface area (Å²) in [6.45, 7) is 5.46. The molecule has 0 bridgehead atoms. The van der Waals surface area contributed by atoms with Crippen molar-refractivity contribution >= 4 is 5.97 Å². The maximum absolute atomic E-state index is 10.7. The molecule has 0 aliphatic carbocycles. The summed E-state index contributed by atoms with van der Waals surface area (Å²) >= 11 is 0. The lowest BCUT2D eigenvalue weighted by atomic mass is 10.1. The van der Waals surface area contributed by atoms with Crippen molar-refractivity contribution in [3.8, 4) is 0 Å². The molecule has 0 saturated heterocycles. The maximum atomic E-state index is 10.7. The SMILES string of the molecule is C=CC1CC(C)=CC(=O)O1.